The SMILES string of the molecule is C=CC(=O)C1CCC1.C=CC(=O)OCCCOc1ccc(C(=O)Oc2ccc(OC)cc2C)cc1.CCCCOc1ccc(/C=C(\C)CC)cc1. The fourth-order valence-corrected chi connectivity index (χ4v) is 4.43. The molecule has 1 aliphatic carbocycles. The molecule has 1 fully saturated rings. The van der Waals surface area contributed by atoms with Gasteiger partial charge >= 0.3 is 11.9 Å². The fraction of sp³-hybridized carbons (Fsp3) is 0.372. The quantitative estimate of drug-likeness (QED) is 0.0595. The van der Waals surface area contributed by atoms with Crippen molar-refractivity contribution in [2.75, 3.05) is 26.9 Å². The molecule has 8 heteroatoms. The fourth-order valence-electron chi connectivity index (χ4n) is 4.43. The molecule has 1 aliphatic rings. The minimum absolute atomic E-state index is 0.233. The summed E-state index contributed by atoms with van der Waals surface area (Å²) < 4.78 is 26.6. The maximum absolute atomic E-state index is 12.3. The second kappa shape index (κ2) is 24.1. The summed E-state index contributed by atoms with van der Waals surface area (Å²) in [5.74, 6) is 2.44. The van der Waals surface area contributed by atoms with Crippen LogP contribution in [0.4, 0.5) is 0 Å². The van der Waals surface area contributed by atoms with Gasteiger partial charge in [-0.1, -0.05) is 63.6 Å². The molecular formula is C43H54O8. The van der Waals surface area contributed by atoms with Gasteiger partial charge in [-0.05, 0) is 111 Å². The van der Waals surface area contributed by atoms with Crippen LogP contribution in [0.15, 0.2) is 97.6 Å². The zero-order chi connectivity index (χ0) is 37.4. The van der Waals surface area contributed by atoms with Crippen molar-refractivity contribution < 1.29 is 38.1 Å². The third-order valence-electron chi connectivity index (χ3n) is 7.97. The highest BCUT2D eigenvalue weighted by Crippen LogP contribution is 2.27. The predicted molar refractivity (Wildman–Crippen MR) is 204 cm³/mol. The second-order valence-corrected chi connectivity index (χ2v) is 12.0. The molecule has 0 atom stereocenters. The zero-order valence-electron chi connectivity index (χ0n) is 30.9. The Labute approximate surface area is 304 Å². The van der Waals surface area contributed by atoms with Crippen LogP contribution in [0.3, 0.4) is 0 Å². The summed E-state index contributed by atoms with van der Waals surface area (Å²) in [7, 11) is 1.58. The Morgan fingerprint density at radius 1 is 0.804 bits per heavy atom. The lowest BCUT2D eigenvalue weighted by molar-refractivity contribution is -0.138. The lowest BCUT2D eigenvalue weighted by atomic mass is 9.82. The normalized spacial score (nSPS) is 12.0. The van der Waals surface area contributed by atoms with Crippen molar-refractivity contribution in [2.24, 2.45) is 5.92 Å². The first-order chi connectivity index (χ1) is 24.6. The number of ketones is 1. The number of carbonyl (C=O) groups is 3. The van der Waals surface area contributed by atoms with Crippen LogP contribution in [-0.4, -0.2) is 44.7 Å². The number of aryl methyl sites for hydroxylation is 1. The van der Waals surface area contributed by atoms with Crippen LogP contribution in [0.2, 0.25) is 0 Å². The number of benzene rings is 3. The smallest absolute Gasteiger partial charge is 0.343 e. The molecule has 3 aromatic rings. The molecule has 0 amide bonds. The minimum Gasteiger partial charge on any atom is -0.497 e. The highest BCUT2D eigenvalue weighted by atomic mass is 16.5. The maximum atomic E-state index is 12.3. The molecule has 0 radical (unpaired) electrons. The molecule has 0 bridgehead atoms. The molecule has 0 heterocycles. The molecule has 0 saturated heterocycles. The lowest BCUT2D eigenvalue weighted by Crippen LogP contribution is -2.19. The van der Waals surface area contributed by atoms with Crippen molar-refractivity contribution in [3.63, 3.8) is 0 Å². The molecule has 0 aromatic heterocycles. The van der Waals surface area contributed by atoms with E-state index in [9.17, 15) is 14.4 Å². The number of methoxy groups -OCH3 is 1. The first kappa shape index (κ1) is 42.1. The van der Waals surface area contributed by atoms with Crippen molar-refractivity contribution in [1.29, 1.82) is 0 Å². The average Bonchev–Trinajstić information content (AvgIpc) is 3.12. The van der Waals surface area contributed by atoms with E-state index in [-0.39, 0.29) is 12.4 Å². The van der Waals surface area contributed by atoms with Gasteiger partial charge in [0.15, 0.2) is 5.78 Å². The number of hydrogen-bond donors (Lipinski definition) is 0. The Morgan fingerprint density at radius 3 is 1.90 bits per heavy atom. The van der Waals surface area contributed by atoms with Gasteiger partial charge in [0.1, 0.15) is 23.0 Å². The maximum Gasteiger partial charge on any atom is 0.343 e. The van der Waals surface area contributed by atoms with Gasteiger partial charge in [-0.2, -0.15) is 0 Å². The first-order valence-corrected chi connectivity index (χ1v) is 17.6. The number of allylic oxidation sites excluding steroid dienone is 2. The third-order valence-corrected chi connectivity index (χ3v) is 7.97. The van der Waals surface area contributed by atoms with E-state index in [0.717, 1.165) is 49.7 Å². The molecular weight excluding hydrogens is 644 g/mol. The highest BCUT2D eigenvalue weighted by molar-refractivity contribution is 5.92. The van der Waals surface area contributed by atoms with Gasteiger partial charge in [0.2, 0.25) is 0 Å². The summed E-state index contributed by atoms with van der Waals surface area (Å²) in [5, 5.41) is 0. The van der Waals surface area contributed by atoms with Crippen LogP contribution in [0.1, 0.15) is 87.2 Å². The number of ether oxygens (including phenoxy) is 5. The second-order valence-electron chi connectivity index (χ2n) is 12.0. The highest BCUT2D eigenvalue weighted by Gasteiger charge is 2.22. The van der Waals surface area contributed by atoms with E-state index in [4.69, 9.17) is 23.7 Å². The number of unbranched alkanes of at least 4 members (excludes halogenated alkanes) is 1. The summed E-state index contributed by atoms with van der Waals surface area (Å²) in [5.41, 5.74) is 3.87. The average molecular weight is 699 g/mol. The van der Waals surface area contributed by atoms with Crippen molar-refractivity contribution >= 4 is 23.8 Å². The Balaban J connectivity index is 0.000000314. The van der Waals surface area contributed by atoms with E-state index in [1.807, 2.05) is 19.1 Å². The van der Waals surface area contributed by atoms with Gasteiger partial charge in [0, 0.05) is 18.4 Å². The van der Waals surface area contributed by atoms with E-state index in [1.165, 1.54) is 30.1 Å². The molecule has 0 spiro atoms. The van der Waals surface area contributed by atoms with Gasteiger partial charge in [-0.15, -0.1) is 0 Å². The number of carbonyl (C=O) groups excluding carboxylic acids is 3. The summed E-state index contributed by atoms with van der Waals surface area (Å²) in [6.45, 7) is 16.5. The predicted octanol–water partition coefficient (Wildman–Crippen LogP) is 9.94. The van der Waals surface area contributed by atoms with E-state index >= 15 is 0 Å². The minimum atomic E-state index is -0.454. The Kier molecular flexibility index (Phi) is 19.9. The van der Waals surface area contributed by atoms with Crippen LogP contribution in [0, 0.1) is 12.8 Å². The summed E-state index contributed by atoms with van der Waals surface area (Å²) in [6.07, 6.45) is 12.1. The van der Waals surface area contributed by atoms with Crippen LogP contribution in [0.25, 0.3) is 6.08 Å². The van der Waals surface area contributed by atoms with E-state index in [2.05, 4.69) is 52.1 Å². The number of rotatable bonds is 17. The Bertz CT molecular complexity index is 1550. The van der Waals surface area contributed by atoms with E-state index in [0.29, 0.717) is 41.8 Å². The number of hydrogen-bond acceptors (Lipinski definition) is 8. The summed E-state index contributed by atoms with van der Waals surface area (Å²) in [4.78, 5) is 33.8. The molecule has 3 aromatic carbocycles. The molecule has 0 N–H and O–H groups in total. The summed E-state index contributed by atoms with van der Waals surface area (Å²) >= 11 is 0. The molecule has 0 aliphatic heterocycles. The monoisotopic (exact) mass is 698 g/mol. The zero-order valence-corrected chi connectivity index (χ0v) is 30.9. The topological polar surface area (TPSA) is 97.4 Å². The van der Waals surface area contributed by atoms with Gasteiger partial charge in [-0.3, -0.25) is 4.79 Å². The lowest BCUT2D eigenvalue weighted by Gasteiger charge is -2.21. The van der Waals surface area contributed by atoms with Crippen molar-refractivity contribution in [2.45, 2.75) is 72.6 Å². The molecule has 0 unspecified atom stereocenters. The standard InChI is InChI=1S/C21H22O6.C15H22O.C7H10O/c1-4-20(22)26-13-5-12-25-17-8-6-16(7-9-17)21(23)27-19-11-10-18(24-3)14-15(19)2;1-4-6-11-16-15-9-7-14(8-10-15)12-13(3)5-2;1-2-7(8)6-4-3-5-6/h4,6-11,14H,1,5,12-13H2,2-3H3;7-10,12H,4-6,11H2,1-3H3;2,6H,1,3-5H2/b;13-12+;. The Hall–Kier alpha value is -5.11. The van der Waals surface area contributed by atoms with E-state index < -0.39 is 11.9 Å². The van der Waals surface area contributed by atoms with Crippen LogP contribution >= 0.6 is 0 Å². The van der Waals surface area contributed by atoms with Crippen LogP contribution in [0.5, 0.6) is 23.0 Å². The van der Waals surface area contributed by atoms with Gasteiger partial charge < -0.3 is 23.7 Å². The van der Waals surface area contributed by atoms with E-state index in [1.54, 1.807) is 49.6 Å². The van der Waals surface area contributed by atoms with Crippen molar-refractivity contribution in [3.05, 3.63) is 114 Å². The van der Waals surface area contributed by atoms with Crippen molar-refractivity contribution in [3.8, 4) is 23.0 Å². The first-order valence-electron chi connectivity index (χ1n) is 17.6. The largest absolute Gasteiger partial charge is 0.497 e. The number of esters is 2. The Morgan fingerprint density at radius 2 is 1.41 bits per heavy atom. The molecule has 51 heavy (non-hydrogen) atoms. The molecule has 8 nitrogen and oxygen atoms in total. The van der Waals surface area contributed by atoms with Crippen LogP contribution in [-0.2, 0) is 14.3 Å². The third kappa shape index (κ3) is 16.4. The molecule has 274 valence electrons. The summed E-state index contributed by atoms with van der Waals surface area (Å²) in [6, 6.07) is 20.2. The van der Waals surface area contributed by atoms with Gasteiger partial charge in [0.05, 0.1) is 32.5 Å². The van der Waals surface area contributed by atoms with Gasteiger partial charge in [0.25, 0.3) is 0 Å². The molecule has 4 rings (SSSR count). The van der Waals surface area contributed by atoms with Gasteiger partial charge in [-0.25, -0.2) is 9.59 Å². The molecule has 1 saturated carbocycles. The van der Waals surface area contributed by atoms with Crippen molar-refractivity contribution in [1.82, 2.24) is 0 Å². The van der Waals surface area contributed by atoms with Crippen LogP contribution < -0.4 is 18.9 Å².